The Kier molecular flexibility index (Phi) is 7.19. The number of fused-ring (bicyclic) bond motifs is 3. The van der Waals surface area contributed by atoms with Gasteiger partial charge in [-0.15, -0.1) is 0 Å². The number of amides is 1. The summed E-state index contributed by atoms with van der Waals surface area (Å²) in [5.74, 6) is 0.593. The molecule has 1 aliphatic carbocycles. The molecular weight excluding hydrogens is 461 g/mol. The monoisotopic (exact) mass is 501 g/mol. The Morgan fingerprint density at radius 1 is 1.20 bits per heavy atom. The second-order valence-electron chi connectivity index (χ2n) is 11.8. The predicted octanol–water partition coefficient (Wildman–Crippen LogP) is 4.46. The molecule has 192 valence electrons. The summed E-state index contributed by atoms with van der Waals surface area (Å²) in [5.41, 5.74) is 2.55. The predicted molar refractivity (Wildman–Crippen MR) is 140 cm³/mol. The summed E-state index contributed by atoms with van der Waals surface area (Å²) in [6, 6.07) is 3.61. The van der Waals surface area contributed by atoms with E-state index in [-0.39, 0.29) is 5.91 Å². The fourth-order valence-electron chi connectivity index (χ4n) is 5.84. The molecule has 5 rings (SSSR count). The second-order valence-corrected chi connectivity index (χ2v) is 17.5. The number of anilines is 1. The number of carbonyl (C=O) groups excluding carboxylic acids is 1. The molecule has 1 saturated carbocycles. The van der Waals surface area contributed by atoms with E-state index in [1.54, 1.807) is 6.20 Å². The number of nitrogens with one attached hydrogen (secondary N) is 1. The second kappa shape index (κ2) is 10.2. The van der Waals surface area contributed by atoms with E-state index in [1.807, 2.05) is 6.20 Å². The van der Waals surface area contributed by atoms with Crippen molar-refractivity contribution in [3.05, 3.63) is 24.0 Å². The number of ether oxygens (including phenoxy) is 1. The summed E-state index contributed by atoms with van der Waals surface area (Å²) in [7, 11) is -1.13. The van der Waals surface area contributed by atoms with Crippen LogP contribution in [0.15, 0.2) is 18.5 Å². The zero-order valence-corrected chi connectivity index (χ0v) is 22.4. The van der Waals surface area contributed by atoms with Crippen LogP contribution in [0.3, 0.4) is 0 Å². The van der Waals surface area contributed by atoms with Gasteiger partial charge in [0.15, 0.2) is 0 Å². The molecule has 1 saturated heterocycles. The van der Waals surface area contributed by atoms with E-state index in [0.717, 1.165) is 68.1 Å². The number of nitrogens with zero attached hydrogens (tertiary/aromatic N) is 4. The molecule has 1 amide bonds. The fourth-order valence-corrected chi connectivity index (χ4v) is 6.60. The summed E-state index contributed by atoms with van der Waals surface area (Å²) in [6.07, 6.45) is 8.29. The molecule has 0 aromatic carbocycles. The van der Waals surface area contributed by atoms with Gasteiger partial charge in [0.25, 0.3) is 5.91 Å². The first-order chi connectivity index (χ1) is 16.8. The average Bonchev–Trinajstić information content (AvgIpc) is 3.43. The van der Waals surface area contributed by atoms with E-state index in [9.17, 15) is 9.18 Å². The van der Waals surface area contributed by atoms with Gasteiger partial charge in [-0.3, -0.25) is 4.79 Å². The van der Waals surface area contributed by atoms with Crippen molar-refractivity contribution in [1.82, 2.24) is 19.8 Å². The standard InChI is InChI=1S/C26H40FN5O2Si/c1-35(2,3)13-12-34-18-31-11-9-22-24-23(14-28-25(22)31)26(33)29-17-32(24)21-6-4-19(5-7-21)15-30-10-8-20(27)16-30/h9,11,14,19-21H,4-8,10,12-13,15-18H2,1-3H3,(H,29,33)/t19-,20-,21-/m0/s1. The highest BCUT2D eigenvalue weighted by atomic mass is 28.3. The topological polar surface area (TPSA) is 62.6 Å². The first-order valence-corrected chi connectivity index (χ1v) is 17.0. The van der Waals surface area contributed by atoms with Crippen LogP contribution in [-0.2, 0) is 11.5 Å². The molecule has 0 spiro atoms. The molecule has 2 aliphatic heterocycles. The number of hydrogen-bond acceptors (Lipinski definition) is 5. The molecule has 0 bridgehead atoms. The van der Waals surface area contributed by atoms with Crippen LogP contribution in [-0.4, -0.2) is 73.6 Å². The summed E-state index contributed by atoms with van der Waals surface area (Å²) in [6.45, 7) is 11.4. The zero-order valence-electron chi connectivity index (χ0n) is 21.4. The van der Waals surface area contributed by atoms with Crippen molar-refractivity contribution < 1.29 is 13.9 Å². The molecule has 1 atom stereocenters. The van der Waals surface area contributed by atoms with Crippen molar-refractivity contribution >= 4 is 30.7 Å². The lowest BCUT2D eigenvalue weighted by atomic mass is 9.84. The van der Waals surface area contributed by atoms with Gasteiger partial charge in [0.1, 0.15) is 18.5 Å². The van der Waals surface area contributed by atoms with Crippen molar-refractivity contribution in [1.29, 1.82) is 0 Å². The Balaban J connectivity index is 1.28. The van der Waals surface area contributed by atoms with Gasteiger partial charge in [-0.05, 0) is 50.1 Å². The first kappa shape index (κ1) is 24.7. The lowest BCUT2D eigenvalue weighted by molar-refractivity contribution is 0.0899. The third-order valence-corrected chi connectivity index (χ3v) is 9.62. The molecule has 7 nitrogen and oxygen atoms in total. The third kappa shape index (κ3) is 5.57. The summed E-state index contributed by atoms with van der Waals surface area (Å²) in [4.78, 5) is 22.0. The lowest BCUT2D eigenvalue weighted by Crippen LogP contribution is -2.50. The number of likely N-dealkylation sites (tertiary alicyclic amines) is 1. The van der Waals surface area contributed by atoms with E-state index in [4.69, 9.17) is 4.74 Å². The number of pyridine rings is 1. The average molecular weight is 502 g/mol. The van der Waals surface area contributed by atoms with Crippen LogP contribution in [0, 0.1) is 5.92 Å². The number of hydrogen-bond donors (Lipinski definition) is 1. The smallest absolute Gasteiger partial charge is 0.256 e. The van der Waals surface area contributed by atoms with Crippen LogP contribution in [0.1, 0.15) is 42.5 Å². The fraction of sp³-hybridized carbons (Fsp3) is 0.692. The zero-order chi connectivity index (χ0) is 24.6. The van der Waals surface area contributed by atoms with E-state index in [0.29, 0.717) is 43.9 Å². The normalized spacial score (nSPS) is 25.8. The quantitative estimate of drug-likeness (QED) is 0.428. The number of aromatic nitrogens is 2. The maximum atomic E-state index is 13.6. The summed E-state index contributed by atoms with van der Waals surface area (Å²) < 4.78 is 21.6. The minimum atomic E-state index is -1.13. The van der Waals surface area contributed by atoms with Crippen LogP contribution in [0.4, 0.5) is 10.1 Å². The minimum Gasteiger partial charge on any atom is -0.361 e. The van der Waals surface area contributed by atoms with E-state index in [2.05, 4.69) is 50.4 Å². The molecule has 9 heteroatoms. The van der Waals surface area contributed by atoms with Crippen LogP contribution < -0.4 is 10.2 Å². The van der Waals surface area contributed by atoms with Gasteiger partial charge < -0.3 is 24.4 Å². The van der Waals surface area contributed by atoms with Crippen LogP contribution >= 0.6 is 0 Å². The summed E-state index contributed by atoms with van der Waals surface area (Å²) in [5, 5.41) is 4.08. The van der Waals surface area contributed by atoms with E-state index in [1.165, 1.54) is 0 Å². The van der Waals surface area contributed by atoms with Gasteiger partial charge in [0.2, 0.25) is 0 Å². The van der Waals surface area contributed by atoms with Crippen LogP contribution in [0.5, 0.6) is 0 Å². The van der Waals surface area contributed by atoms with Gasteiger partial charge in [0, 0.05) is 58.1 Å². The molecule has 35 heavy (non-hydrogen) atoms. The van der Waals surface area contributed by atoms with Gasteiger partial charge in [-0.2, -0.15) is 0 Å². The van der Waals surface area contributed by atoms with Crippen molar-refractivity contribution in [3.63, 3.8) is 0 Å². The Morgan fingerprint density at radius 2 is 2.00 bits per heavy atom. The van der Waals surface area contributed by atoms with Crippen molar-refractivity contribution in [2.24, 2.45) is 5.92 Å². The number of alkyl halides is 1. The van der Waals surface area contributed by atoms with E-state index < -0.39 is 14.2 Å². The third-order valence-electron chi connectivity index (χ3n) is 7.92. The van der Waals surface area contributed by atoms with Crippen molar-refractivity contribution in [3.8, 4) is 0 Å². The van der Waals surface area contributed by atoms with Crippen LogP contribution in [0.2, 0.25) is 25.7 Å². The number of rotatable bonds is 8. The first-order valence-electron chi connectivity index (χ1n) is 13.3. The van der Waals surface area contributed by atoms with Gasteiger partial charge in [-0.25, -0.2) is 9.37 Å². The lowest BCUT2D eigenvalue weighted by Gasteiger charge is -2.41. The molecule has 2 aromatic heterocycles. The summed E-state index contributed by atoms with van der Waals surface area (Å²) >= 11 is 0. The Hall–Kier alpha value is -1.97. The molecular formula is C26H40FN5O2Si. The Morgan fingerprint density at radius 3 is 2.71 bits per heavy atom. The SMILES string of the molecule is C[Si](C)(C)CCOCn1ccc2c3c(cnc21)C(=O)NCN3[C@H]1CC[C@H](CN2CC[C@H](F)C2)CC1. The molecule has 0 unspecified atom stereocenters. The van der Waals surface area contributed by atoms with E-state index >= 15 is 0 Å². The Bertz CT molecular complexity index is 1050. The molecule has 4 heterocycles. The number of halogens is 1. The van der Waals surface area contributed by atoms with Gasteiger partial charge in [0.05, 0.1) is 17.9 Å². The number of carbonyl (C=O) groups is 1. The van der Waals surface area contributed by atoms with Crippen LogP contribution in [0.25, 0.3) is 11.0 Å². The van der Waals surface area contributed by atoms with Gasteiger partial charge >= 0.3 is 0 Å². The molecule has 2 aromatic rings. The maximum Gasteiger partial charge on any atom is 0.256 e. The maximum absolute atomic E-state index is 13.6. The van der Waals surface area contributed by atoms with Crippen molar-refractivity contribution in [2.45, 2.75) is 76.7 Å². The highest BCUT2D eigenvalue weighted by molar-refractivity contribution is 6.76. The highest BCUT2D eigenvalue weighted by Gasteiger charge is 2.34. The molecule has 2 fully saturated rings. The Labute approximate surface area is 209 Å². The van der Waals surface area contributed by atoms with Gasteiger partial charge in [-0.1, -0.05) is 19.6 Å². The molecule has 3 aliphatic rings. The largest absolute Gasteiger partial charge is 0.361 e. The van der Waals surface area contributed by atoms with Crippen molar-refractivity contribution in [2.75, 3.05) is 37.8 Å². The minimum absolute atomic E-state index is 0.0479. The molecule has 1 N–H and O–H groups in total. The highest BCUT2D eigenvalue weighted by Crippen LogP contribution is 2.38. The molecule has 0 radical (unpaired) electrons.